The average molecular weight is 323 g/mol. The third-order valence-corrected chi connectivity index (χ3v) is 3.62. The van der Waals surface area contributed by atoms with Gasteiger partial charge in [0, 0.05) is 16.2 Å². The zero-order valence-corrected chi connectivity index (χ0v) is 11.8. The topological polar surface area (TPSA) is 65.1 Å². The van der Waals surface area contributed by atoms with Gasteiger partial charge < -0.3 is 4.57 Å². The van der Waals surface area contributed by atoms with Crippen LogP contribution in [0, 0.1) is 17.0 Å². The fourth-order valence-corrected chi connectivity index (χ4v) is 2.25. The molecular weight excluding hydrogens is 312 g/mol. The van der Waals surface area contributed by atoms with E-state index in [1.54, 1.807) is 13.1 Å². The van der Waals surface area contributed by atoms with Crippen LogP contribution in [-0.2, 0) is 6.54 Å². The molecule has 19 heavy (non-hydrogen) atoms. The Morgan fingerprint density at radius 3 is 2.53 bits per heavy atom. The van der Waals surface area contributed by atoms with Gasteiger partial charge in [-0.05, 0) is 28.4 Å². The Morgan fingerprint density at radius 2 is 1.95 bits per heavy atom. The number of aromatic nitrogens is 1. The molecule has 0 aliphatic heterocycles. The maximum absolute atomic E-state index is 12.1. The van der Waals surface area contributed by atoms with E-state index < -0.39 is 10.5 Å². The lowest BCUT2D eigenvalue weighted by Crippen LogP contribution is -2.24. The van der Waals surface area contributed by atoms with E-state index in [9.17, 15) is 14.9 Å². The molecule has 0 fully saturated rings. The highest BCUT2D eigenvalue weighted by molar-refractivity contribution is 9.10. The molecule has 0 aliphatic carbocycles. The molecule has 2 aromatic rings. The summed E-state index contributed by atoms with van der Waals surface area (Å²) in [4.78, 5) is 22.4. The van der Waals surface area contributed by atoms with Gasteiger partial charge in [-0.25, -0.2) is 0 Å². The molecule has 1 aromatic heterocycles. The molecule has 2 rings (SSSR count). The van der Waals surface area contributed by atoms with Crippen LogP contribution in [0.25, 0.3) is 0 Å². The van der Waals surface area contributed by atoms with Crippen LogP contribution in [0.1, 0.15) is 11.1 Å². The number of nitrogens with zero attached hydrogens (tertiary/aromatic N) is 2. The lowest BCUT2D eigenvalue weighted by molar-refractivity contribution is -0.387. The Balaban J connectivity index is 2.54. The molecule has 5 nitrogen and oxygen atoms in total. The van der Waals surface area contributed by atoms with Crippen molar-refractivity contribution in [3.05, 3.63) is 72.6 Å². The fourth-order valence-electron chi connectivity index (χ4n) is 1.81. The van der Waals surface area contributed by atoms with Gasteiger partial charge in [0.1, 0.15) is 0 Å². The first-order valence-corrected chi connectivity index (χ1v) is 6.38. The number of nitro groups is 1. The predicted octanol–water partition coefficient (Wildman–Crippen LogP) is 2.88. The van der Waals surface area contributed by atoms with Crippen molar-refractivity contribution in [2.45, 2.75) is 13.5 Å². The lowest BCUT2D eigenvalue weighted by atomic mass is 10.2. The third-order valence-electron chi connectivity index (χ3n) is 2.82. The summed E-state index contributed by atoms with van der Waals surface area (Å²) in [7, 11) is 0. The van der Waals surface area contributed by atoms with E-state index in [2.05, 4.69) is 15.9 Å². The largest absolute Gasteiger partial charge is 0.338 e. The molecule has 6 heteroatoms. The molecule has 0 unspecified atom stereocenters. The molecule has 0 aliphatic rings. The monoisotopic (exact) mass is 322 g/mol. The number of rotatable bonds is 3. The van der Waals surface area contributed by atoms with Crippen LogP contribution in [0.5, 0.6) is 0 Å². The molecule has 0 radical (unpaired) electrons. The van der Waals surface area contributed by atoms with E-state index in [4.69, 9.17) is 0 Å². The van der Waals surface area contributed by atoms with Gasteiger partial charge in [-0.2, -0.15) is 0 Å². The van der Waals surface area contributed by atoms with E-state index >= 15 is 0 Å². The van der Waals surface area contributed by atoms with Crippen molar-refractivity contribution in [2.75, 3.05) is 0 Å². The van der Waals surface area contributed by atoms with Crippen molar-refractivity contribution >= 4 is 21.6 Å². The molecule has 0 atom stereocenters. The van der Waals surface area contributed by atoms with Gasteiger partial charge in [-0.1, -0.05) is 30.3 Å². The maximum Gasteiger partial charge on any atom is 0.338 e. The Labute approximate surface area is 117 Å². The summed E-state index contributed by atoms with van der Waals surface area (Å²) in [6, 6.07) is 9.33. The number of benzene rings is 1. The summed E-state index contributed by atoms with van der Waals surface area (Å²) >= 11 is 3.25. The van der Waals surface area contributed by atoms with Crippen LogP contribution in [0.3, 0.4) is 0 Å². The fraction of sp³-hybridized carbons (Fsp3) is 0.154. The SMILES string of the molecule is Cc1c(Br)cn(Cc2ccccc2)c(=O)c1[N+](=O)[O-]. The molecule has 0 N–H and O–H groups in total. The normalized spacial score (nSPS) is 10.4. The minimum atomic E-state index is -0.635. The zero-order valence-electron chi connectivity index (χ0n) is 10.2. The maximum atomic E-state index is 12.1. The van der Waals surface area contributed by atoms with Crippen molar-refractivity contribution < 1.29 is 4.92 Å². The summed E-state index contributed by atoms with van der Waals surface area (Å²) < 4.78 is 1.89. The van der Waals surface area contributed by atoms with E-state index in [1.807, 2.05) is 30.3 Å². The van der Waals surface area contributed by atoms with Gasteiger partial charge in [-0.15, -0.1) is 0 Å². The standard InChI is InChI=1S/C13H11BrN2O3/c1-9-11(14)8-15(13(17)12(9)16(18)19)7-10-5-3-2-4-6-10/h2-6,8H,7H2,1H3. The van der Waals surface area contributed by atoms with Gasteiger partial charge in [0.05, 0.1) is 11.5 Å². The summed E-state index contributed by atoms with van der Waals surface area (Å²) in [6.45, 7) is 1.86. The van der Waals surface area contributed by atoms with E-state index in [-0.39, 0.29) is 5.69 Å². The molecular formula is C13H11BrN2O3. The van der Waals surface area contributed by atoms with Crippen LogP contribution in [-0.4, -0.2) is 9.49 Å². The Hall–Kier alpha value is -1.95. The second-order valence-corrected chi connectivity index (χ2v) is 4.98. The second kappa shape index (κ2) is 5.36. The molecule has 0 bridgehead atoms. The number of halogens is 1. The molecule has 0 saturated carbocycles. The summed E-state index contributed by atoms with van der Waals surface area (Å²) in [5.74, 6) is 0. The van der Waals surface area contributed by atoms with Gasteiger partial charge in [0.2, 0.25) is 0 Å². The smallest absolute Gasteiger partial charge is 0.304 e. The van der Waals surface area contributed by atoms with E-state index in [0.29, 0.717) is 16.6 Å². The minimum absolute atomic E-state index is 0.305. The van der Waals surface area contributed by atoms with E-state index in [0.717, 1.165) is 5.56 Å². The van der Waals surface area contributed by atoms with Crippen molar-refractivity contribution in [1.82, 2.24) is 4.57 Å². The van der Waals surface area contributed by atoms with Gasteiger partial charge in [0.25, 0.3) is 0 Å². The van der Waals surface area contributed by atoms with Crippen LogP contribution in [0.15, 0.2) is 45.8 Å². The quantitative estimate of drug-likeness (QED) is 0.644. The third kappa shape index (κ3) is 2.73. The minimum Gasteiger partial charge on any atom is -0.304 e. The summed E-state index contributed by atoms with van der Waals surface area (Å²) in [6.07, 6.45) is 1.58. The van der Waals surface area contributed by atoms with Crippen LogP contribution in [0.4, 0.5) is 5.69 Å². The van der Waals surface area contributed by atoms with Gasteiger partial charge >= 0.3 is 11.2 Å². The van der Waals surface area contributed by atoms with Crippen LogP contribution < -0.4 is 5.56 Å². The summed E-state index contributed by atoms with van der Waals surface area (Å²) in [5, 5.41) is 11.0. The molecule has 0 saturated heterocycles. The van der Waals surface area contributed by atoms with Crippen molar-refractivity contribution in [3.63, 3.8) is 0 Å². The van der Waals surface area contributed by atoms with Crippen molar-refractivity contribution in [2.24, 2.45) is 0 Å². The van der Waals surface area contributed by atoms with Crippen LogP contribution in [0.2, 0.25) is 0 Å². The number of pyridine rings is 1. The Kier molecular flexibility index (Phi) is 3.80. The van der Waals surface area contributed by atoms with Crippen molar-refractivity contribution in [1.29, 1.82) is 0 Å². The molecule has 1 aromatic carbocycles. The number of hydrogen-bond donors (Lipinski definition) is 0. The first-order chi connectivity index (χ1) is 9.00. The Morgan fingerprint density at radius 1 is 1.32 bits per heavy atom. The molecule has 1 heterocycles. The number of hydrogen-bond acceptors (Lipinski definition) is 3. The summed E-state index contributed by atoms with van der Waals surface area (Å²) in [5.41, 5.74) is 0.286. The molecule has 98 valence electrons. The molecule has 0 spiro atoms. The molecule has 0 amide bonds. The lowest BCUT2D eigenvalue weighted by Gasteiger charge is -2.08. The van der Waals surface area contributed by atoms with Crippen molar-refractivity contribution in [3.8, 4) is 0 Å². The van der Waals surface area contributed by atoms with Crippen LogP contribution >= 0.6 is 15.9 Å². The first kappa shape index (κ1) is 13.5. The van der Waals surface area contributed by atoms with E-state index in [1.165, 1.54) is 4.57 Å². The van der Waals surface area contributed by atoms with Gasteiger partial charge in [-0.3, -0.25) is 14.9 Å². The highest BCUT2D eigenvalue weighted by Crippen LogP contribution is 2.22. The highest BCUT2D eigenvalue weighted by Gasteiger charge is 2.21. The zero-order chi connectivity index (χ0) is 14.0. The Bertz CT molecular complexity index is 680. The first-order valence-electron chi connectivity index (χ1n) is 5.58. The highest BCUT2D eigenvalue weighted by atomic mass is 79.9. The average Bonchev–Trinajstić information content (AvgIpc) is 2.37. The second-order valence-electron chi connectivity index (χ2n) is 4.13. The predicted molar refractivity (Wildman–Crippen MR) is 75.3 cm³/mol. The van der Waals surface area contributed by atoms with Gasteiger partial charge in [0.15, 0.2) is 0 Å².